The molecule has 3 rings (SSSR count). The number of carbonyl (C=O) groups is 1. The predicted molar refractivity (Wildman–Crippen MR) is 98.9 cm³/mol. The maximum atomic E-state index is 12.2. The SMILES string of the molecule is CS(=O)(=O)Nc1ccc2oc(C(=O)NNS(=O)(=O)c3ccccc3)cc2c1. The van der Waals surface area contributed by atoms with Gasteiger partial charge in [0.1, 0.15) is 5.58 Å². The second-order valence-electron chi connectivity index (χ2n) is 5.61. The predicted octanol–water partition coefficient (Wildman–Crippen LogP) is 1.43. The van der Waals surface area contributed by atoms with Crippen molar-refractivity contribution in [2.75, 3.05) is 11.0 Å². The molecule has 0 atom stereocenters. The summed E-state index contributed by atoms with van der Waals surface area (Å²) in [4.78, 5) is 14.1. The average Bonchev–Trinajstić information content (AvgIpc) is 3.02. The molecule has 1 heterocycles. The first-order valence-electron chi connectivity index (χ1n) is 7.53. The van der Waals surface area contributed by atoms with Crippen LogP contribution in [0.4, 0.5) is 5.69 Å². The van der Waals surface area contributed by atoms with Gasteiger partial charge < -0.3 is 4.42 Å². The molecule has 3 N–H and O–H groups in total. The Morgan fingerprint density at radius 1 is 0.963 bits per heavy atom. The number of fused-ring (bicyclic) bond motifs is 1. The van der Waals surface area contributed by atoms with Crippen LogP contribution in [0.2, 0.25) is 0 Å². The van der Waals surface area contributed by atoms with Gasteiger partial charge in [0.2, 0.25) is 10.0 Å². The fourth-order valence-electron chi connectivity index (χ4n) is 2.27. The van der Waals surface area contributed by atoms with Crippen molar-refractivity contribution in [3.8, 4) is 0 Å². The van der Waals surface area contributed by atoms with Crippen molar-refractivity contribution in [3.05, 3.63) is 60.4 Å². The second kappa shape index (κ2) is 7.02. The lowest BCUT2D eigenvalue weighted by Gasteiger charge is -2.06. The van der Waals surface area contributed by atoms with E-state index in [0.717, 1.165) is 6.26 Å². The van der Waals surface area contributed by atoms with Crippen LogP contribution in [0.5, 0.6) is 0 Å². The largest absolute Gasteiger partial charge is 0.451 e. The molecule has 0 bridgehead atoms. The Balaban J connectivity index is 1.76. The van der Waals surface area contributed by atoms with Crippen molar-refractivity contribution >= 4 is 42.6 Å². The van der Waals surface area contributed by atoms with E-state index in [9.17, 15) is 21.6 Å². The van der Waals surface area contributed by atoms with Crippen LogP contribution in [-0.4, -0.2) is 29.0 Å². The van der Waals surface area contributed by atoms with Gasteiger partial charge in [-0.1, -0.05) is 18.2 Å². The minimum Gasteiger partial charge on any atom is -0.451 e. The number of carbonyl (C=O) groups excluding carboxylic acids is 1. The Morgan fingerprint density at radius 3 is 2.33 bits per heavy atom. The van der Waals surface area contributed by atoms with Crippen LogP contribution in [0.15, 0.2) is 63.9 Å². The summed E-state index contributed by atoms with van der Waals surface area (Å²) in [6, 6.07) is 13.4. The lowest BCUT2D eigenvalue weighted by Crippen LogP contribution is -2.41. The van der Waals surface area contributed by atoms with E-state index in [4.69, 9.17) is 4.42 Å². The smallest absolute Gasteiger partial charge is 0.301 e. The molecule has 142 valence electrons. The molecule has 27 heavy (non-hydrogen) atoms. The molecule has 0 saturated heterocycles. The molecule has 1 aromatic heterocycles. The molecule has 0 spiro atoms. The fraction of sp³-hybridized carbons (Fsp3) is 0.0625. The van der Waals surface area contributed by atoms with Crippen LogP contribution in [0.1, 0.15) is 10.6 Å². The summed E-state index contributed by atoms with van der Waals surface area (Å²) < 4.78 is 54.4. The van der Waals surface area contributed by atoms with E-state index < -0.39 is 26.0 Å². The Bertz CT molecular complexity index is 1200. The lowest BCUT2D eigenvalue weighted by molar-refractivity contribution is 0.0919. The van der Waals surface area contributed by atoms with Crippen molar-refractivity contribution in [2.45, 2.75) is 4.90 Å². The molecule has 0 unspecified atom stereocenters. The number of benzene rings is 2. The van der Waals surface area contributed by atoms with Gasteiger partial charge in [-0.05, 0) is 36.4 Å². The third-order valence-electron chi connectivity index (χ3n) is 3.40. The molecule has 2 aromatic carbocycles. The van der Waals surface area contributed by atoms with Gasteiger partial charge in [-0.3, -0.25) is 14.9 Å². The van der Waals surface area contributed by atoms with Gasteiger partial charge in [0, 0.05) is 11.1 Å². The molecule has 1 amide bonds. The maximum absolute atomic E-state index is 12.2. The maximum Gasteiger partial charge on any atom is 0.301 e. The Morgan fingerprint density at radius 2 is 1.67 bits per heavy atom. The van der Waals surface area contributed by atoms with Gasteiger partial charge in [-0.15, -0.1) is 4.83 Å². The fourth-order valence-corrected chi connectivity index (χ4v) is 3.68. The molecule has 0 saturated carbocycles. The first-order valence-corrected chi connectivity index (χ1v) is 10.9. The van der Waals surface area contributed by atoms with Crippen molar-refractivity contribution in [2.24, 2.45) is 0 Å². The van der Waals surface area contributed by atoms with Crippen LogP contribution in [0.25, 0.3) is 11.0 Å². The highest BCUT2D eigenvalue weighted by Crippen LogP contribution is 2.23. The number of amides is 1. The number of hydrogen-bond donors (Lipinski definition) is 3. The molecular formula is C16H15N3O6S2. The Kier molecular flexibility index (Phi) is 4.91. The molecule has 11 heteroatoms. The van der Waals surface area contributed by atoms with Gasteiger partial charge in [-0.25, -0.2) is 16.8 Å². The van der Waals surface area contributed by atoms with Crippen molar-refractivity contribution in [1.82, 2.24) is 10.3 Å². The van der Waals surface area contributed by atoms with E-state index in [1.807, 2.05) is 4.83 Å². The van der Waals surface area contributed by atoms with Crippen LogP contribution in [-0.2, 0) is 20.0 Å². The summed E-state index contributed by atoms with van der Waals surface area (Å²) in [6.07, 6.45) is 1.02. The zero-order valence-electron chi connectivity index (χ0n) is 14.0. The molecule has 0 fully saturated rings. The Labute approximate surface area is 155 Å². The van der Waals surface area contributed by atoms with Gasteiger partial charge >= 0.3 is 5.91 Å². The van der Waals surface area contributed by atoms with Crippen LogP contribution >= 0.6 is 0 Å². The quantitative estimate of drug-likeness (QED) is 0.527. The summed E-state index contributed by atoms with van der Waals surface area (Å²) in [5, 5.41) is 0.472. The highest BCUT2D eigenvalue weighted by molar-refractivity contribution is 7.92. The van der Waals surface area contributed by atoms with E-state index in [1.54, 1.807) is 18.2 Å². The van der Waals surface area contributed by atoms with E-state index >= 15 is 0 Å². The molecule has 0 aliphatic rings. The standard InChI is InChI=1S/C16H15N3O6S2/c1-26(21,22)18-12-7-8-14-11(9-12)10-15(25-14)16(20)17-19-27(23,24)13-5-3-2-4-6-13/h2-10,18-19H,1H3,(H,17,20). The highest BCUT2D eigenvalue weighted by Gasteiger charge is 2.18. The normalized spacial score (nSPS) is 12.0. The van der Waals surface area contributed by atoms with Gasteiger partial charge in [0.05, 0.1) is 11.2 Å². The molecule has 0 radical (unpaired) electrons. The summed E-state index contributed by atoms with van der Waals surface area (Å²) in [6.45, 7) is 0. The average molecular weight is 409 g/mol. The number of anilines is 1. The van der Waals surface area contributed by atoms with Gasteiger partial charge in [-0.2, -0.15) is 0 Å². The topological polar surface area (TPSA) is 135 Å². The summed E-state index contributed by atoms with van der Waals surface area (Å²) in [5.41, 5.74) is 2.72. The molecule has 0 aliphatic carbocycles. The minimum atomic E-state index is -3.92. The Hall–Kier alpha value is -2.89. The number of nitrogens with one attached hydrogen (secondary N) is 3. The molecule has 3 aromatic rings. The minimum absolute atomic E-state index is 0.00797. The summed E-state index contributed by atoms with van der Waals surface area (Å²) in [7, 11) is -7.36. The van der Waals surface area contributed by atoms with Gasteiger partial charge in [0.25, 0.3) is 10.0 Å². The summed E-state index contributed by atoms with van der Waals surface area (Å²) in [5.74, 6) is -0.944. The van der Waals surface area contributed by atoms with E-state index in [1.165, 1.54) is 36.4 Å². The second-order valence-corrected chi connectivity index (χ2v) is 9.04. The van der Waals surface area contributed by atoms with Crippen LogP contribution in [0, 0.1) is 0 Å². The molecule has 9 nitrogen and oxygen atoms in total. The first kappa shape index (κ1) is 18.9. The third-order valence-corrected chi connectivity index (χ3v) is 5.27. The monoisotopic (exact) mass is 409 g/mol. The number of sulfonamides is 2. The lowest BCUT2D eigenvalue weighted by atomic mass is 10.2. The number of hydrogen-bond acceptors (Lipinski definition) is 6. The van der Waals surface area contributed by atoms with Crippen molar-refractivity contribution < 1.29 is 26.0 Å². The number of rotatable bonds is 6. The highest BCUT2D eigenvalue weighted by atomic mass is 32.2. The zero-order valence-corrected chi connectivity index (χ0v) is 15.6. The van der Waals surface area contributed by atoms with E-state index in [0.29, 0.717) is 16.7 Å². The van der Waals surface area contributed by atoms with Crippen molar-refractivity contribution in [1.29, 1.82) is 0 Å². The van der Waals surface area contributed by atoms with E-state index in [2.05, 4.69) is 10.1 Å². The van der Waals surface area contributed by atoms with E-state index in [-0.39, 0.29) is 10.7 Å². The van der Waals surface area contributed by atoms with Crippen LogP contribution < -0.4 is 15.0 Å². The summed E-state index contributed by atoms with van der Waals surface area (Å²) >= 11 is 0. The zero-order chi connectivity index (χ0) is 19.7. The third kappa shape index (κ3) is 4.64. The number of hydrazine groups is 1. The molecule has 0 aliphatic heterocycles. The molecular weight excluding hydrogens is 394 g/mol. The number of furan rings is 1. The van der Waals surface area contributed by atoms with Gasteiger partial charge in [0.15, 0.2) is 5.76 Å². The van der Waals surface area contributed by atoms with Crippen molar-refractivity contribution in [3.63, 3.8) is 0 Å². The van der Waals surface area contributed by atoms with Crippen LogP contribution in [0.3, 0.4) is 0 Å². The first-order chi connectivity index (χ1) is 12.6.